The Morgan fingerprint density at radius 1 is 0.941 bits per heavy atom. The van der Waals surface area contributed by atoms with Gasteiger partial charge in [-0.25, -0.2) is 4.39 Å². The maximum absolute atomic E-state index is 13.8. The second-order valence-electron chi connectivity index (χ2n) is 10.1. The molecule has 1 atom stereocenters. The van der Waals surface area contributed by atoms with Crippen LogP contribution in [0.1, 0.15) is 59.9 Å². The fraction of sp³-hybridized carbons (Fsp3) is 0.241. The summed E-state index contributed by atoms with van der Waals surface area (Å²) in [6.45, 7) is 4.63. The lowest BCUT2D eigenvalue weighted by molar-refractivity contribution is -0.118. The Bertz CT molecular complexity index is 1390. The van der Waals surface area contributed by atoms with Gasteiger partial charge < -0.3 is 9.32 Å². The first-order valence-electron chi connectivity index (χ1n) is 11.5. The van der Waals surface area contributed by atoms with Crippen molar-refractivity contribution in [2.45, 2.75) is 39.2 Å². The molecule has 0 N–H and O–H groups in total. The highest BCUT2D eigenvalue weighted by Gasteiger charge is 2.49. The van der Waals surface area contributed by atoms with Gasteiger partial charge in [-0.1, -0.05) is 50.2 Å². The summed E-state index contributed by atoms with van der Waals surface area (Å²) in [6, 6.07) is 17.5. The standard InChI is InChI=1S/C29H24FNO3/c1-29(2)14-22-25(23(32)15-29)24(17-9-11-18(30)12-10-17)26-27(31(22)16-19-6-5-13-34-19)20-7-3-4-8-21(20)28(26)33/h3-13,24H,14-16H2,1-2H3/t24-/m0/s1. The average molecular weight is 454 g/mol. The number of fused-ring (bicyclic) bond motifs is 2. The highest BCUT2D eigenvalue weighted by atomic mass is 19.1. The maximum atomic E-state index is 13.8. The summed E-state index contributed by atoms with van der Waals surface area (Å²) in [5, 5.41) is 0. The van der Waals surface area contributed by atoms with Gasteiger partial charge in [-0.3, -0.25) is 9.59 Å². The first-order valence-corrected chi connectivity index (χ1v) is 11.5. The minimum absolute atomic E-state index is 0.0420. The summed E-state index contributed by atoms with van der Waals surface area (Å²) in [5.41, 5.74) is 5.03. The van der Waals surface area contributed by atoms with Crippen molar-refractivity contribution in [1.29, 1.82) is 0 Å². The van der Waals surface area contributed by atoms with E-state index in [1.54, 1.807) is 18.4 Å². The molecule has 3 aromatic rings. The minimum Gasteiger partial charge on any atom is -0.467 e. The van der Waals surface area contributed by atoms with Crippen molar-refractivity contribution in [2.75, 3.05) is 0 Å². The van der Waals surface area contributed by atoms with Crippen LogP contribution in [0.25, 0.3) is 5.70 Å². The number of allylic oxidation sites excluding steroid dienone is 3. The number of nitrogens with zero attached hydrogens (tertiary/aromatic N) is 1. The number of halogens is 1. The molecule has 34 heavy (non-hydrogen) atoms. The lowest BCUT2D eigenvalue weighted by atomic mass is 9.68. The van der Waals surface area contributed by atoms with Gasteiger partial charge in [0, 0.05) is 40.3 Å². The van der Waals surface area contributed by atoms with Gasteiger partial charge in [0.15, 0.2) is 11.6 Å². The van der Waals surface area contributed by atoms with Crippen molar-refractivity contribution in [3.8, 4) is 0 Å². The molecule has 2 aliphatic carbocycles. The summed E-state index contributed by atoms with van der Waals surface area (Å²) >= 11 is 0. The Balaban J connectivity index is 1.64. The largest absolute Gasteiger partial charge is 0.467 e. The molecule has 0 radical (unpaired) electrons. The topological polar surface area (TPSA) is 50.5 Å². The van der Waals surface area contributed by atoms with E-state index >= 15 is 0 Å². The van der Waals surface area contributed by atoms with E-state index in [9.17, 15) is 14.0 Å². The third kappa shape index (κ3) is 3.11. The molecule has 0 unspecified atom stereocenters. The summed E-state index contributed by atoms with van der Waals surface area (Å²) in [6.07, 6.45) is 2.73. The van der Waals surface area contributed by atoms with E-state index in [0.717, 1.165) is 28.3 Å². The molecule has 170 valence electrons. The first kappa shape index (κ1) is 20.8. The number of ketones is 2. The van der Waals surface area contributed by atoms with Crippen LogP contribution in [0, 0.1) is 11.2 Å². The number of hydrogen-bond donors (Lipinski definition) is 0. The van der Waals surface area contributed by atoms with Gasteiger partial charge in [-0.15, -0.1) is 0 Å². The zero-order valence-electron chi connectivity index (χ0n) is 19.1. The normalized spacial score (nSPS) is 21.0. The van der Waals surface area contributed by atoms with Crippen molar-refractivity contribution < 1.29 is 18.4 Å². The molecule has 0 bridgehead atoms. The molecule has 4 nitrogen and oxygen atoms in total. The maximum Gasteiger partial charge on any atom is 0.192 e. The predicted octanol–water partition coefficient (Wildman–Crippen LogP) is 6.27. The van der Waals surface area contributed by atoms with Crippen LogP contribution in [0.5, 0.6) is 0 Å². The average Bonchev–Trinajstić information content (AvgIpc) is 3.41. The molecule has 0 amide bonds. The molecule has 0 saturated heterocycles. The number of carbonyl (C=O) groups excluding carboxylic acids is 2. The summed E-state index contributed by atoms with van der Waals surface area (Å²) in [4.78, 5) is 29.6. The van der Waals surface area contributed by atoms with Crippen LogP contribution in [0.2, 0.25) is 0 Å². The second-order valence-corrected chi connectivity index (χ2v) is 10.1. The smallest absolute Gasteiger partial charge is 0.192 e. The highest BCUT2D eigenvalue weighted by molar-refractivity contribution is 6.23. The van der Waals surface area contributed by atoms with Gasteiger partial charge in [-0.05, 0) is 41.7 Å². The van der Waals surface area contributed by atoms with Crippen LogP contribution in [-0.4, -0.2) is 16.5 Å². The van der Waals surface area contributed by atoms with Crippen LogP contribution in [-0.2, 0) is 11.3 Å². The van der Waals surface area contributed by atoms with Crippen LogP contribution in [0.3, 0.4) is 0 Å². The second kappa shape index (κ2) is 7.39. The SMILES string of the molecule is CC1(C)CC(=O)C2=C(C1)N(Cc1ccco1)C1=C(C(=O)c3ccccc31)[C@H]2c1ccc(F)cc1. The van der Waals surface area contributed by atoms with Gasteiger partial charge >= 0.3 is 0 Å². The zero-order valence-corrected chi connectivity index (χ0v) is 19.1. The van der Waals surface area contributed by atoms with E-state index in [0.29, 0.717) is 36.1 Å². The number of Topliss-reactive ketones (excluding diaryl/α,β-unsaturated/α-hetero) is 2. The lowest BCUT2D eigenvalue weighted by Crippen LogP contribution is -2.39. The third-order valence-electron chi connectivity index (χ3n) is 7.09. The van der Waals surface area contributed by atoms with Crippen molar-refractivity contribution in [1.82, 2.24) is 4.90 Å². The molecular weight excluding hydrogens is 429 g/mol. The molecule has 0 fully saturated rings. The molecule has 3 aliphatic rings. The molecule has 2 heterocycles. The molecule has 1 aliphatic heterocycles. The summed E-state index contributed by atoms with van der Waals surface area (Å²) in [5.74, 6) is -0.151. The van der Waals surface area contributed by atoms with Gasteiger partial charge in [0.25, 0.3) is 0 Å². The first-order chi connectivity index (χ1) is 16.3. The van der Waals surface area contributed by atoms with E-state index in [1.165, 1.54) is 12.1 Å². The number of furan rings is 1. The Labute approximate surface area is 197 Å². The molecule has 0 saturated carbocycles. The molecule has 5 heteroatoms. The quantitative estimate of drug-likeness (QED) is 0.469. The van der Waals surface area contributed by atoms with Crippen LogP contribution in [0.15, 0.2) is 88.2 Å². The van der Waals surface area contributed by atoms with Crippen LogP contribution in [0.4, 0.5) is 4.39 Å². The van der Waals surface area contributed by atoms with Crippen molar-refractivity contribution in [2.24, 2.45) is 5.41 Å². The van der Waals surface area contributed by atoms with Crippen molar-refractivity contribution >= 4 is 17.3 Å². The van der Waals surface area contributed by atoms with E-state index in [-0.39, 0.29) is 22.8 Å². The third-order valence-corrected chi connectivity index (χ3v) is 7.09. The molecular formula is C29H24FNO3. The minimum atomic E-state index is -0.526. The van der Waals surface area contributed by atoms with Gasteiger partial charge in [0.2, 0.25) is 0 Å². The summed E-state index contributed by atoms with van der Waals surface area (Å²) < 4.78 is 19.5. The summed E-state index contributed by atoms with van der Waals surface area (Å²) in [7, 11) is 0. The highest BCUT2D eigenvalue weighted by Crippen LogP contribution is 2.55. The zero-order chi connectivity index (χ0) is 23.6. The monoisotopic (exact) mass is 453 g/mol. The number of benzene rings is 2. The predicted molar refractivity (Wildman–Crippen MR) is 126 cm³/mol. The fourth-order valence-electron chi connectivity index (χ4n) is 5.71. The number of rotatable bonds is 3. The fourth-order valence-corrected chi connectivity index (χ4v) is 5.71. The molecule has 0 spiro atoms. The van der Waals surface area contributed by atoms with Gasteiger partial charge in [0.1, 0.15) is 11.6 Å². The van der Waals surface area contributed by atoms with Crippen molar-refractivity contribution in [3.05, 3.63) is 112 Å². The Kier molecular flexibility index (Phi) is 4.53. The van der Waals surface area contributed by atoms with E-state index < -0.39 is 5.92 Å². The van der Waals surface area contributed by atoms with Gasteiger partial charge in [-0.2, -0.15) is 0 Å². The number of carbonyl (C=O) groups is 2. The lowest BCUT2D eigenvalue weighted by Gasteiger charge is -2.44. The Hall–Kier alpha value is -3.73. The van der Waals surface area contributed by atoms with Crippen LogP contribution < -0.4 is 0 Å². The molecule has 2 aromatic carbocycles. The molecule has 6 rings (SSSR count). The van der Waals surface area contributed by atoms with E-state index in [4.69, 9.17) is 4.42 Å². The van der Waals surface area contributed by atoms with E-state index in [2.05, 4.69) is 18.7 Å². The Morgan fingerprint density at radius 3 is 2.38 bits per heavy atom. The van der Waals surface area contributed by atoms with Crippen molar-refractivity contribution in [3.63, 3.8) is 0 Å². The Morgan fingerprint density at radius 2 is 1.68 bits per heavy atom. The van der Waals surface area contributed by atoms with Gasteiger partial charge in [0.05, 0.1) is 18.5 Å². The van der Waals surface area contributed by atoms with E-state index in [1.807, 2.05) is 36.4 Å². The number of hydrogen-bond acceptors (Lipinski definition) is 4. The van der Waals surface area contributed by atoms with Crippen LogP contribution >= 0.6 is 0 Å². The molecule has 1 aromatic heterocycles.